The summed E-state index contributed by atoms with van der Waals surface area (Å²) in [6, 6.07) is 14.7. The molecule has 1 N–H and O–H groups in total. The van der Waals surface area contributed by atoms with E-state index in [0.29, 0.717) is 0 Å². The third-order valence-electron chi connectivity index (χ3n) is 4.02. The smallest absolute Gasteiger partial charge is 0.0822 e. The van der Waals surface area contributed by atoms with Crippen LogP contribution in [0.2, 0.25) is 0 Å². The van der Waals surface area contributed by atoms with Gasteiger partial charge in [-0.15, -0.1) is 11.3 Å². The van der Waals surface area contributed by atoms with Crippen molar-refractivity contribution in [1.29, 1.82) is 0 Å². The Morgan fingerprint density at radius 3 is 2.71 bits per heavy atom. The van der Waals surface area contributed by atoms with Crippen molar-refractivity contribution < 1.29 is 5.11 Å². The lowest BCUT2D eigenvalue weighted by molar-refractivity contribution is -0.0321. The first-order chi connectivity index (χ1) is 10.1. The highest BCUT2D eigenvalue weighted by atomic mass is 79.9. The number of hydrogen-bond donors (Lipinski definition) is 1. The Balaban J connectivity index is 1.64. The van der Waals surface area contributed by atoms with Crippen LogP contribution in [0.3, 0.4) is 0 Å². The standard InChI is InChI=1S/C17H20BrNOS/c18-16-8-7-15(21-16)11-17(20)9-4-10-19(13-17)12-14-5-2-1-3-6-14/h1-3,5-8,20H,4,9-13H2. The third kappa shape index (κ3) is 4.16. The quantitative estimate of drug-likeness (QED) is 0.882. The monoisotopic (exact) mass is 365 g/mol. The van der Waals surface area contributed by atoms with Crippen LogP contribution in [-0.2, 0) is 13.0 Å². The number of likely N-dealkylation sites (tertiary alicyclic amines) is 1. The number of hydrogen-bond acceptors (Lipinski definition) is 3. The van der Waals surface area contributed by atoms with E-state index in [1.807, 2.05) is 6.07 Å². The average Bonchev–Trinajstić information content (AvgIpc) is 2.84. The molecule has 3 rings (SSSR count). The van der Waals surface area contributed by atoms with Crippen LogP contribution in [0.4, 0.5) is 0 Å². The van der Waals surface area contributed by atoms with Crippen molar-refractivity contribution in [1.82, 2.24) is 4.90 Å². The molecule has 2 aromatic rings. The minimum Gasteiger partial charge on any atom is -0.388 e. The number of thiophene rings is 1. The second-order valence-corrected chi connectivity index (χ2v) is 8.45. The molecule has 1 aromatic heterocycles. The molecule has 0 aliphatic carbocycles. The van der Waals surface area contributed by atoms with Crippen molar-refractivity contribution >= 4 is 27.3 Å². The van der Waals surface area contributed by atoms with E-state index < -0.39 is 5.60 Å². The van der Waals surface area contributed by atoms with Crippen LogP contribution in [0.15, 0.2) is 46.3 Å². The first-order valence-corrected chi connectivity index (χ1v) is 8.97. The lowest BCUT2D eigenvalue weighted by Crippen LogP contribution is -2.48. The highest BCUT2D eigenvalue weighted by Gasteiger charge is 2.33. The Morgan fingerprint density at radius 2 is 2.00 bits per heavy atom. The third-order valence-corrected chi connectivity index (χ3v) is 5.64. The van der Waals surface area contributed by atoms with Gasteiger partial charge in [-0.05, 0) is 53.0 Å². The van der Waals surface area contributed by atoms with Gasteiger partial charge < -0.3 is 5.11 Å². The number of piperidine rings is 1. The molecule has 1 aliphatic heterocycles. The number of rotatable bonds is 4. The van der Waals surface area contributed by atoms with Gasteiger partial charge in [0.25, 0.3) is 0 Å². The summed E-state index contributed by atoms with van der Waals surface area (Å²) in [5.41, 5.74) is 0.734. The molecule has 2 nitrogen and oxygen atoms in total. The molecule has 0 amide bonds. The van der Waals surface area contributed by atoms with E-state index in [4.69, 9.17) is 0 Å². The molecule has 0 spiro atoms. The van der Waals surface area contributed by atoms with Gasteiger partial charge in [0.2, 0.25) is 0 Å². The predicted molar refractivity (Wildman–Crippen MR) is 91.6 cm³/mol. The number of β-amino-alcohol motifs (C(OH)–C–C–N with tert-alkyl or cyclic N) is 1. The molecular weight excluding hydrogens is 346 g/mol. The summed E-state index contributed by atoms with van der Waals surface area (Å²) in [4.78, 5) is 3.63. The molecule has 1 unspecified atom stereocenters. The van der Waals surface area contributed by atoms with E-state index in [1.165, 1.54) is 10.4 Å². The van der Waals surface area contributed by atoms with Gasteiger partial charge in [-0.2, -0.15) is 0 Å². The van der Waals surface area contributed by atoms with Crippen molar-refractivity contribution in [2.24, 2.45) is 0 Å². The highest BCUT2D eigenvalue weighted by Crippen LogP contribution is 2.30. The maximum absolute atomic E-state index is 10.9. The van der Waals surface area contributed by atoms with Gasteiger partial charge in [0.05, 0.1) is 9.39 Å². The minimum absolute atomic E-state index is 0.586. The fourth-order valence-electron chi connectivity index (χ4n) is 3.10. The normalized spacial score (nSPS) is 23.3. The van der Waals surface area contributed by atoms with Crippen LogP contribution >= 0.6 is 27.3 Å². The van der Waals surface area contributed by atoms with Gasteiger partial charge in [0, 0.05) is 24.4 Å². The lowest BCUT2D eigenvalue weighted by Gasteiger charge is -2.39. The van der Waals surface area contributed by atoms with Crippen LogP contribution in [0.1, 0.15) is 23.3 Å². The largest absolute Gasteiger partial charge is 0.388 e. The second kappa shape index (κ2) is 6.61. The molecule has 0 saturated carbocycles. The predicted octanol–water partition coefficient (Wildman–Crippen LogP) is 4.08. The van der Waals surface area contributed by atoms with E-state index in [2.05, 4.69) is 57.2 Å². The fourth-order valence-corrected chi connectivity index (χ4v) is 4.72. The summed E-state index contributed by atoms with van der Waals surface area (Å²) >= 11 is 5.22. The van der Waals surface area contributed by atoms with Crippen molar-refractivity contribution in [2.45, 2.75) is 31.4 Å². The highest BCUT2D eigenvalue weighted by molar-refractivity contribution is 9.11. The SMILES string of the molecule is OC1(Cc2ccc(Br)s2)CCCN(Cc2ccccc2)C1. The molecule has 0 radical (unpaired) electrons. The van der Waals surface area contributed by atoms with E-state index in [0.717, 1.165) is 42.7 Å². The van der Waals surface area contributed by atoms with Gasteiger partial charge in [-0.1, -0.05) is 30.3 Å². The van der Waals surface area contributed by atoms with Crippen LogP contribution < -0.4 is 0 Å². The molecule has 1 aromatic carbocycles. The minimum atomic E-state index is -0.586. The topological polar surface area (TPSA) is 23.5 Å². The van der Waals surface area contributed by atoms with Crippen LogP contribution in [0, 0.1) is 0 Å². The van der Waals surface area contributed by atoms with Gasteiger partial charge in [0.1, 0.15) is 0 Å². The lowest BCUT2D eigenvalue weighted by atomic mass is 9.89. The zero-order valence-electron chi connectivity index (χ0n) is 12.0. The van der Waals surface area contributed by atoms with Crippen molar-refractivity contribution in [3.05, 3.63) is 56.7 Å². The number of aliphatic hydroxyl groups is 1. The van der Waals surface area contributed by atoms with Crippen molar-refractivity contribution in [2.75, 3.05) is 13.1 Å². The van der Waals surface area contributed by atoms with E-state index in [-0.39, 0.29) is 0 Å². The van der Waals surface area contributed by atoms with E-state index >= 15 is 0 Å². The maximum atomic E-state index is 10.9. The molecule has 1 aliphatic rings. The number of benzene rings is 1. The molecule has 4 heteroatoms. The number of nitrogens with zero attached hydrogens (tertiary/aromatic N) is 1. The van der Waals surface area contributed by atoms with E-state index in [1.54, 1.807) is 11.3 Å². The van der Waals surface area contributed by atoms with Crippen LogP contribution in [0.25, 0.3) is 0 Å². The van der Waals surface area contributed by atoms with E-state index in [9.17, 15) is 5.11 Å². The zero-order chi connectivity index (χ0) is 14.7. The summed E-state index contributed by atoms with van der Waals surface area (Å²) in [6.07, 6.45) is 2.72. The van der Waals surface area contributed by atoms with Crippen molar-refractivity contribution in [3.8, 4) is 0 Å². The molecule has 112 valence electrons. The molecular formula is C17H20BrNOS. The summed E-state index contributed by atoms with van der Waals surface area (Å²) in [5.74, 6) is 0. The summed E-state index contributed by atoms with van der Waals surface area (Å²) < 4.78 is 1.14. The zero-order valence-corrected chi connectivity index (χ0v) is 14.4. The Kier molecular flexibility index (Phi) is 4.79. The molecule has 1 fully saturated rings. The first-order valence-electron chi connectivity index (χ1n) is 7.36. The fraction of sp³-hybridized carbons (Fsp3) is 0.412. The second-order valence-electron chi connectivity index (χ2n) is 5.91. The molecule has 1 saturated heterocycles. The van der Waals surface area contributed by atoms with Crippen LogP contribution in [-0.4, -0.2) is 28.7 Å². The van der Waals surface area contributed by atoms with Gasteiger partial charge in [-0.25, -0.2) is 0 Å². The Labute approximate surface area is 138 Å². The first kappa shape index (κ1) is 15.2. The molecule has 1 atom stereocenters. The van der Waals surface area contributed by atoms with Gasteiger partial charge in [0.15, 0.2) is 0 Å². The number of halogens is 1. The summed E-state index contributed by atoms with van der Waals surface area (Å²) in [6.45, 7) is 2.76. The van der Waals surface area contributed by atoms with Gasteiger partial charge >= 0.3 is 0 Å². The Morgan fingerprint density at radius 1 is 1.19 bits per heavy atom. The average molecular weight is 366 g/mol. The summed E-state index contributed by atoms with van der Waals surface area (Å²) in [7, 11) is 0. The molecule has 2 heterocycles. The molecule has 21 heavy (non-hydrogen) atoms. The van der Waals surface area contributed by atoms with Crippen molar-refractivity contribution in [3.63, 3.8) is 0 Å². The Bertz CT molecular complexity index is 585. The summed E-state index contributed by atoms with van der Waals surface area (Å²) in [5, 5.41) is 10.9. The Hall–Kier alpha value is -0.680. The van der Waals surface area contributed by atoms with Crippen LogP contribution in [0.5, 0.6) is 0 Å². The molecule has 0 bridgehead atoms. The maximum Gasteiger partial charge on any atom is 0.0822 e. The van der Waals surface area contributed by atoms with Gasteiger partial charge in [-0.3, -0.25) is 4.90 Å².